The Morgan fingerprint density at radius 2 is 2.17 bits per heavy atom. The van der Waals surface area contributed by atoms with Crippen LogP contribution in [0, 0.1) is 0 Å². The smallest absolute Gasteiger partial charge is 0.0690 e. The predicted octanol–water partition coefficient (Wildman–Crippen LogP) is 2.00. The van der Waals surface area contributed by atoms with E-state index in [2.05, 4.69) is 22.5 Å². The second-order valence-corrected chi connectivity index (χ2v) is 4.26. The summed E-state index contributed by atoms with van der Waals surface area (Å²) in [5.74, 6) is 0. The van der Waals surface area contributed by atoms with Gasteiger partial charge in [-0.1, -0.05) is 18.2 Å². The van der Waals surface area contributed by atoms with Crippen LogP contribution in [0.2, 0.25) is 0 Å². The van der Waals surface area contributed by atoms with Gasteiger partial charge in [-0.15, -0.1) is 0 Å². The summed E-state index contributed by atoms with van der Waals surface area (Å²) in [6.45, 7) is 3.69. The number of hydrogen-bond donors (Lipinski definition) is 1. The van der Waals surface area contributed by atoms with Crippen LogP contribution in [-0.2, 0) is 11.3 Å². The lowest BCUT2D eigenvalue weighted by Gasteiger charge is -2.13. The van der Waals surface area contributed by atoms with Crippen molar-refractivity contribution in [2.45, 2.75) is 19.6 Å². The molecule has 0 amide bonds. The predicted molar refractivity (Wildman–Crippen MR) is 71.7 cm³/mol. The molecule has 0 fully saturated rings. The third-order valence-electron chi connectivity index (χ3n) is 2.89. The topological polar surface area (TPSA) is 39.1 Å². The fourth-order valence-corrected chi connectivity index (χ4v) is 1.79. The van der Waals surface area contributed by atoms with E-state index in [1.54, 1.807) is 13.3 Å². The maximum Gasteiger partial charge on any atom is 0.0690 e. The minimum absolute atomic E-state index is 0.224. The molecule has 1 aromatic carbocycles. The molecule has 1 atom stereocenters. The SMILES string of the molecule is COC(C)CNCc1ccccc1-n1cccn1. The Morgan fingerprint density at radius 1 is 1.33 bits per heavy atom. The van der Waals surface area contributed by atoms with Gasteiger partial charge in [-0.2, -0.15) is 5.10 Å². The van der Waals surface area contributed by atoms with Gasteiger partial charge in [0.2, 0.25) is 0 Å². The Bertz CT molecular complexity index is 468. The zero-order valence-electron chi connectivity index (χ0n) is 10.8. The standard InChI is InChI=1S/C14H19N3O/c1-12(18-2)10-15-11-13-6-3-4-7-14(13)17-9-5-8-16-17/h3-9,12,15H,10-11H2,1-2H3. The van der Waals surface area contributed by atoms with Gasteiger partial charge >= 0.3 is 0 Å². The molecule has 1 N–H and O–H groups in total. The summed E-state index contributed by atoms with van der Waals surface area (Å²) in [5.41, 5.74) is 2.34. The number of nitrogens with zero attached hydrogens (tertiary/aromatic N) is 2. The highest BCUT2D eigenvalue weighted by atomic mass is 16.5. The molecule has 0 saturated carbocycles. The molecule has 0 saturated heterocycles. The second kappa shape index (κ2) is 6.33. The number of ether oxygens (including phenoxy) is 1. The number of benzene rings is 1. The Morgan fingerprint density at radius 3 is 2.89 bits per heavy atom. The lowest BCUT2D eigenvalue weighted by molar-refractivity contribution is 0.117. The molecule has 96 valence electrons. The van der Waals surface area contributed by atoms with Crippen molar-refractivity contribution in [3.05, 3.63) is 48.3 Å². The Balaban J connectivity index is 2.04. The summed E-state index contributed by atoms with van der Waals surface area (Å²) in [6.07, 6.45) is 3.97. The Hall–Kier alpha value is -1.65. The molecule has 1 heterocycles. The molecule has 4 nitrogen and oxygen atoms in total. The molecule has 0 spiro atoms. The van der Waals surface area contributed by atoms with Crippen LogP contribution in [0.3, 0.4) is 0 Å². The highest BCUT2D eigenvalue weighted by Crippen LogP contribution is 2.12. The first kappa shape index (κ1) is 12.8. The van der Waals surface area contributed by atoms with Gasteiger partial charge in [0, 0.05) is 32.6 Å². The minimum Gasteiger partial charge on any atom is -0.380 e. The fraction of sp³-hybridized carbons (Fsp3) is 0.357. The molecule has 4 heteroatoms. The summed E-state index contributed by atoms with van der Waals surface area (Å²) in [5, 5.41) is 7.66. The van der Waals surface area contributed by atoms with E-state index in [0.717, 1.165) is 18.8 Å². The summed E-state index contributed by atoms with van der Waals surface area (Å²) < 4.78 is 7.10. The maximum absolute atomic E-state index is 5.21. The molecule has 1 aromatic heterocycles. The van der Waals surface area contributed by atoms with Crippen LogP contribution in [-0.4, -0.2) is 29.5 Å². The molecule has 18 heavy (non-hydrogen) atoms. The van der Waals surface area contributed by atoms with Crippen molar-refractivity contribution >= 4 is 0 Å². The van der Waals surface area contributed by atoms with Crippen LogP contribution in [0.4, 0.5) is 0 Å². The number of rotatable bonds is 6. The third kappa shape index (κ3) is 3.18. The quantitative estimate of drug-likeness (QED) is 0.846. The van der Waals surface area contributed by atoms with Crippen molar-refractivity contribution in [2.75, 3.05) is 13.7 Å². The van der Waals surface area contributed by atoms with Gasteiger partial charge in [-0.05, 0) is 24.6 Å². The van der Waals surface area contributed by atoms with Crippen LogP contribution >= 0.6 is 0 Å². The van der Waals surface area contributed by atoms with E-state index in [1.165, 1.54) is 5.56 Å². The fourth-order valence-electron chi connectivity index (χ4n) is 1.79. The van der Waals surface area contributed by atoms with Crippen LogP contribution in [0.1, 0.15) is 12.5 Å². The molecule has 2 rings (SSSR count). The number of aromatic nitrogens is 2. The van der Waals surface area contributed by atoms with Gasteiger partial charge in [0.15, 0.2) is 0 Å². The van der Waals surface area contributed by atoms with Crippen LogP contribution in [0.25, 0.3) is 5.69 Å². The van der Waals surface area contributed by atoms with E-state index in [-0.39, 0.29) is 6.10 Å². The lowest BCUT2D eigenvalue weighted by Crippen LogP contribution is -2.26. The van der Waals surface area contributed by atoms with E-state index >= 15 is 0 Å². The van der Waals surface area contributed by atoms with Gasteiger partial charge in [0.05, 0.1) is 11.8 Å². The molecular weight excluding hydrogens is 226 g/mol. The van der Waals surface area contributed by atoms with Crippen molar-refractivity contribution in [3.63, 3.8) is 0 Å². The summed E-state index contributed by atoms with van der Waals surface area (Å²) >= 11 is 0. The Kier molecular flexibility index (Phi) is 4.50. The normalized spacial score (nSPS) is 12.6. The van der Waals surface area contributed by atoms with Gasteiger partial charge in [0.25, 0.3) is 0 Å². The molecule has 0 aliphatic carbocycles. The molecule has 1 unspecified atom stereocenters. The number of nitrogens with one attached hydrogen (secondary N) is 1. The monoisotopic (exact) mass is 245 g/mol. The lowest BCUT2D eigenvalue weighted by atomic mass is 10.1. The zero-order chi connectivity index (χ0) is 12.8. The van der Waals surface area contributed by atoms with E-state index in [0.29, 0.717) is 0 Å². The van der Waals surface area contributed by atoms with E-state index in [4.69, 9.17) is 4.74 Å². The first-order valence-corrected chi connectivity index (χ1v) is 6.12. The van der Waals surface area contributed by atoms with Crippen molar-refractivity contribution in [3.8, 4) is 5.69 Å². The largest absolute Gasteiger partial charge is 0.380 e. The van der Waals surface area contributed by atoms with Crippen molar-refractivity contribution in [1.82, 2.24) is 15.1 Å². The summed E-state index contributed by atoms with van der Waals surface area (Å²) in [4.78, 5) is 0. The molecule has 2 aromatic rings. The second-order valence-electron chi connectivity index (χ2n) is 4.26. The van der Waals surface area contributed by atoms with Crippen LogP contribution in [0.15, 0.2) is 42.7 Å². The molecule has 0 bridgehead atoms. The van der Waals surface area contributed by atoms with Crippen LogP contribution in [0.5, 0.6) is 0 Å². The van der Waals surface area contributed by atoms with Gasteiger partial charge in [-0.3, -0.25) is 0 Å². The van der Waals surface area contributed by atoms with E-state index < -0.39 is 0 Å². The summed E-state index contributed by atoms with van der Waals surface area (Å²) in [7, 11) is 1.73. The maximum atomic E-state index is 5.21. The van der Waals surface area contributed by atoms with Crippen molar-refractivity contribution in [1.29, 1.82) is 0 Å². The van der Waals surface area contributed by atoms with Crippen molar-refractivity contribution in [2.24, 2.45) is 0 Å². The first-order valence-electron chi connectivity index (χ1n) is 6.12. The molecule has 0 aliphatic rings. The molecule has 0 aliphatic heterocycles. The van der Waals surface area contributed by atoms with Gasteiger partial charge < -0.3 is 10.1 Å². The summed E-state index contributed by atoms with van der Waals surface area (Å²) in [6, 6.07) is 10.2. The van der Waals surface area contributed by atoms with E-state index in [9.17, 15) is 0 Å². The highest BCUT2D eigenvalue weighted by Gasteiger charge is 2.04. The van der Waals surface area contributed by atoms with Crippen LogP contribution < -0.4 is 5.32 Å². The van der Waals surface area contributed by atoms with Gasteiger partial charge in [0.1, 0.15) is 0 Å². The number of hydrogen-bond acceptors (Lipinski definition) is 3. The number of para-hydroxylation sites is 1. The molecule has 0 radical (unpaired) electrons. The first-order chi connectivity index (χ1) is 8.81. The van der Waals surface area contributed by atoms with Crippen molar-refractivity contribution < 1.29 is 4.74 Å². The zero-order valence-corrected chi connectivity index (χ0v) is 10.8. The average Bonchev–Trinajstić information content (AvgIpc) is 2.93. The van der Waals surface area contributed by atoms with E-state index in [1.807, 2.05) is 36.0 Å². The highest BCUT2D eigenvalue weighted by molar-refractivity contribution is 5.40. The Labute approximate surface area is 108 Å². The van der Waals surface area contributed by atoms with Gasteiger partial charge in [-0.25, -0.2) is 4.68 Å². The average molecular weight is 245 g/mol. The molecular formula is C14H19N3O. The third-order valence-corrected chi connectivity index (χ3v) is 2.89. The minimum atomic E-state index is 0.224. The number of methoxy groups -OCH3 is 1.